The second-order valence-corrected chi connectivity index (χ2v) is 8.72. The van der Waals surface area contributed by atoms with Gasteiger partial charge in [0.05, 0.1) is 10.6 Å². The van der Waals surface area contributed by atoms with Crippen LogP contribution in [0.2, 0.25) is 0 Å². The fraction of sp³-hybridized carbons (Fsp3) is 0.0800. The number of benzene rings is 3. The first-order chi connectivity index (χ1) is 14.3. The highest BCUT2D eigenvalue weighted by Gasteiger charge is 2.31. The molecule has 0 heterocycles. The normalized spacial score (nSPS) is 11.0. The summed E-state index contributed by atoms with van der Waals surface area (Å²) in [5, 5.41) is 0. The summed E-state index contributed by atoms with van der Waals surface area (Å²) in [6.07, 6.45) is 0.999. The van der Waals surface area contributed by atoms with Crippen molar-refractivity contribution in [1.82, 2.24) is 0 Å². The first-order valence-corrected chi connectivity index (χ1v) is 10.8. The van der Waals surface area contributed by atoms with E-state index in [4.69, 9.17) is 0 Å². The summed E-state index contributed by atoms with van der Waals surface area (Å²) < 4.78 is 27.7. The van der Waals surface area contributed by atoms with Gasteiger partial charge in [-0.2, -0.15) is 4.31 Å². The fourth-order valence-corrected chi connectivity index (χ4v) is 4.65. The van der Waals surface area contributed by atoms with Gasteiger partial charge in [-0.1, -0.05) is 73.3 Å². The Labute approximate surface area is 177 Å². The molecule has 0 aliphatic rings. The largest absolute Gasteiger partial charge is 0.271 e. The number of hydrogen-bond donors (Lipinski definition) is 0. The average molecular weight is 418 g/mol. The van der Waals surface area contributed by atoms with Crippen molar-refractivity contribution in [2.24, 2.45) is 0 Å². The molecule has 0 atom stereocenters. The third-order valence-corrected chi connectivity index (χ3v) is 6.58. The van der Waals surface area contributed by atoms with Crippen LogP contribution in [-0.4, -0.2) is 14.3 Å². The molecule has 3 rings (SSSR count). The number of amides is 1. The van der Waals surface area contributed by atoms with Crippen LogP contribution in [0.25, 0.3) is 5.57 Å². The molecule has 0 radical (unpaired) electrons. The van der Waals surface area contributed by atoms with Crippen LogP contribution in [0.1, 0.15) is 22.3 Å². The number of hydrogen-bond acceptors (Lipinski definition) is 3. The molecule has 3 aromatic rings. The number of carbonyl (C=O) groups excluding carboxylic acids is 1. The number of nitrogens with zero attached hydrogens (tertiary/aromatic N) is 1. The van der Waals surface area contributed by atoms with Crippen LogP contribution in [-0.2, 0) is 14.8 Å². The Morgan fingerprint density at radius 2 is 1.43 bits per heavy atom. The Kier molecular flexibility index (Phi) is 6.04. The molecule has 4 nitrogen and oxygen atoms in total. The van der Waals surface area contributed by atoms with Crippen LogP contribution in [0.15, 0.2) is 96.9 Å². The number of rotatable bonds is 6. The lowest BCUT2D eigenvalue weighted by molar-refractivity contribution is -0.113. The van der Waals surface area contributed by atoms with Crippen LogP contribution >= 0.6 is 0 Å². The molecule has 152 valence electrons. The Balaban J connectivity index is 2.21. The van der Waals surface area contributed by atoms with E-state index in [0.29, 0.717) is 11.1 Å². The molecule has 1 amide bonds. The minimum absolute atomic E-state index is 0.0274. The van der Waals surface area contributed by atoms with E-state index in [1.54, 1.807) is 36.4 Å². The number of aryl methyl sites for hydroxylation is 2. The van der Waals surface area contributed by atoms with E-state index in [1.165, 1.54) is 12.1 Å². The van der Waals surface area contributed by atoms with Gasteiger partial charge in [0.2, 0.25) is 0 Å². The van der Waals surface area contributed by atoms with Crippen molar-refractivity contribution in [2.75, 3.05) is 4.31 Å². The van der Waals surface area contributed by atoms with E-state index >= 15 is 0 Å². The molecule has 0 aromatic heterocycles. The molecule has 0 aliphatic carbocycles. The Morgan fingerprint density at radius 3 is 2.03 bits per heavy atom. The first kappa shape index (κ1) is 21.3. The van der Waals surface area contributed by atoms with Crippen LogP contribution in [0.4, 0.5) is 5.69 Å². The molecule has 0 saturated carbocycles. The molecule has 0 spiro atoms. The highest BCUT2D eigenvalue weighted by Crippen LogP contribution is 2.35. The summed E-state index contributed by atoms with van der Waals surface area (Å²) in [6.45, 7) is 11.5. The Bertz CT molecular complexity index is 1230. The minimum Gasteiger partial charge on any atom is -0.268 e. The second kappa shape index (κ2) is 8.51. The van der Waals surface area contributed by atoms with Crippen molar-refractivity contribution in [3.63, 3.8) is 0 Å². The quantitative estimate of drug-likeness (QED) is 0.513. The molecular weight excluding hydrogens is 394 g/mol. The molecule has 0 aliphatic heterocycles. The van der Waals surface area contributed by atoms with Gasteiger partial charge in [0.25, 0.3) is 15.9 Å². The van der Waals surface area contributed by atoms with Gasteiger partial charge in [-0.05, 0) is 54.8 Å². The number of sulfonamides is 1. The summed E-state index contributed by atoms with van der Waals surface area (Å²) in [6, 6.07) is 20.9. The standard InChI is InChI=1S/C25H23NO3S/c1-5-25(27)26(30(28,29)21-16-14-18(2)15-17-21)24-13-9-8-12-23(24)20(4)22-11-7-6-10-19(22)3/h5-17H,1,4H2,2-3H3. The van der Waals surface area contributed by atoms with Gasteiger partial charge in [-0.3, -0.25) is 4.79 Å². The predicted octanol–water partition coefficient (Wildman–Crippen LogP) is 5.27. The van der Waals surface area contributed by atoms with Crippen LogP contribution in [0.5, 0.6) is 0 Å². The predicted molar refractivity (Wildman–Crippen MR) is 122 cm³/mol. The second-order valence-electron chi connectivity index (χ2n) is 6.94. The Hall–Kier alpha value is -3.44. The van der Waals surface area contributed by atoms with Crippen molar-refractivity contribution in [2.45, 2.75) is 18.7 Å². The van der Waals surface area contributed by atoms with Crippen molar-refractivity contribution in [1.29, 1.82) is 0 Å². The van der Waals surface area contributed by atoms with Crippen molar-refractivity contribution >= 4 is 27.2 Å². The Morgan fingerprint density at radius 1 is 0.867 bits per heavy atom. The molecule has 5 heteroatoms. The van der Waals surface area contributed by atoms with Crippen LogP contribution < -0.4 is 4.31 Å². The van der Waals surface area contributed by atoms with Gasteiger partial charge >= 0.3 is 0 Å². The topological polar surface area (TPSA) is 54.5 Å². The maximum atomic E-state index is 13.5. The molecule has 0 fully saturated rings. The van der Waals surface area contributed by atoms with Gasteiger partial charge in [0.1, 0.15) is 0 Å². The van der Waals surface area contributed by atoms with E-state index in [0.717, 1.165) is 27.1 Å². The van der Waals surface area contributed by atoms with Crippen LogP contribution in [0, 0.1) is 13.8 Å². The summed E-state index contributed by atoms with van der Waals surface area (Å²) in [7, 11) is -4.16. The molecule has 30 heavy (non-hydrogen) atoms. The average Bonchev–Trinajstić information content (AvgIpc) is 2.74. The van der Waals surface area contributed by atoms with Gasteiger partial charge in [-0.15, -0.1) is 0 Å². The highest BCUT2D eigenvalue weighted by molar-refractivity contribution is 7.93. The molecule has 0 saturated heterocycles. The smallest absolute Gasteiger partial charge is 0.268 e. The lowest BCUT2D eigenvalue weighted by Crippen LogP contribution is -2.36. The number of anilines is 1. The summed E-state index contributed by atoms with van der Waals surface area (Å²) in [4.78, 5) is 12.8. The zero-order valence-corrected chi connectivity index (χ0v) is 17.8. The fourth-order valence-electron chi connectivity index (χ4n) is 3.23. The molecule has 0 bridgehead atoms. The van der Waals surface area contributed by atoms with Gasteiger partial charge in [0.15, 0.2) is 0 Å². The summed E-state index contributed by atoms with van der Waals surface area (Å²) >= 11 is 0. The maximum absolute atomic E-state index is 13.5. The van der Waals surface area contributed by atoms with Gasteiger partial charge in [-0.25, -0.2) is 8.42 Å². The molecule has 0 unspecified atom stereocenters. The molecule has 0 N–H and O–H groups in total. The van der Waals surface area contributed by atoms with Crippen LogP contribution in [0.3, 0.4) is 0 Å². The number of carbonyl (C=O) groups is 1. The third-order valence-electron chi connectivity index (χ3n) is 4.85. The summed E-state index contributed by atoms with van der Waals surface area (Å²) in [5.41, 5.74) is 4.21. The van der Waals surface area contributed by atoms with E-state index in [-0.39, 0.29) is 10.6 Å². The lowest BCUT2D eigenvalue weighted by Gasteiger charge is -2.25. The SMILES string of the molecule is C=CC(=O)N(c1ccccc1C(=C)c1ccccc1C)S(=O)(=O)c1ccc(C)cc1. The zero-order valence-electron chi connectivity index (χ0n) is 17.0. The van der Waals surface area contributed by atoms with Crippen molar-refractivity contribution < 1.29 is 13.2 Å². The van der Waals surface area contributed by atoms with E-state index < -0.39 is 15.9 Å². The van der Waals surface area contributed by atoms with E-state index in [1.807, 2.05) is 38.1 Å². The first-order valence-electron chi connectivity index (χ1n) is 9.40. The minimum atomic E-state index is -4.16. The van der Waals surface area contributed by atoms with Crippen molar-refractivity contribution in [3.8, 4) is 0 Å². The maximum Gasteiger partial charge on any atom is 0.271 e. The van der Waals surface area contributed by atoms with Gasteiger partial charge < -0.3 is 0 Å². The van der Waals surface area contributed by atoms with Gasteiger partial charge in [0, 0.05) is 5.56 Å². The zero-order chi connectivity index (χ0) is 21.9. The molecule has 3 aromatic carbocycles. The lowest BCUT2D eigenvalue weighted by atomic mass is 9.94. The third kappa shape index (κ3) is 3.98. The highest BCUT2D eigenvalue weighted by atomic mass is 32.2. The van der Waals surface area contributed by atoms with E-state index in [9.17, 15) is 13.2 Å². The monoisotopic (exact) mass is 417 g/mol. The number of para-hydroxylation sites is 1. The van der Waals surface area contributed by atoms with E-state index in [2.05, 4.69) is 13.2 Å². The van der Waals surface area contributed by atoms with Crippen molar-refractivity contribution in [3.05, 3.63) is 114 Å². The summed E-state index contributed by atoms with van der Waals surface area (Å²) in [5.74, 6) is -0.736. The molecular formula is C25H23NO3S.